The standard InChI is InChI=1S/C31H43N5O4/c1-5-6-7-8-9-16-35(3)30(37)19-23(31(38)32-24-10-11-24)15-18-40-28-21-29(36-17-14-22(2)34-36)33-27-20-25(39-4)12-13-26(27)28/h5,12-14,17,20-24,34H,1,6-11,15-16,18-19H2,2-4H3,(H,32,38). The molecule has 0 bridgehead atoms. The zero-order valence-electron chi connectivity index (χ0n) is 24.0. The first-order valence-corrected chi connectivity index (χ1v) is 14.4. The monoisotopic (exact) mass is 549 g/mol. The number of methoxy groups -OCH3 is 1. The molecule has 0 radical (unpaired) electrons. The Morgan fingerprint density at radius 2 is 2.10 bits per heavy atom. The normalized spacial score (nSPS) is 17.1. The molecule has 0 saturated heterocycles. The number of hydrazine groups is 1. The number of hydrogen-bond donors (Lipinski definition) is 2. The maximum Gasteiger partial charge on any atom is 0.223 e. The molecular weight excluding hydrogens is 506 g/mol. The number of carbonyl (C=O) groups is 2. The first kappa shape index (κ1) is 29.4. The molecule has 1 fully saturated rings. The molecule has 4 rings (SSSR count). The quantitative estimate of drug-likeness (QED) is 0.231. The summed E-state index contributed by atoms with van der Waals surface area (Å²) in [7, 11) is 3.45. The lowest BCUT2D eigenvalue weighted by Crippen LogP contribution is -2.37. The molecule has 0 spiro atoms. The fraction of sp³-hybridized carbons (Fsp3) is 0.516. The Hall–Kier alpha value is -3.59. The van der Waals surface area contributed by atoms with Crippen LogP contribution in [0.2, 0.25) is 0 Å². The van der Waals surface area contributed by atoms with Crippen molar-refractivity contribution in [1.29, 1.82) is 0 Å². The van der Waals surface area contributed by atoms with Crippen LogP contribution in [0, 0.1) is 5.92 Å². The van der Waals surface area contributed by atoms with Gasteiger partial charge in [-0.05, 0) is 63.7 Å². The number of pyridine rings is 1. The van der Waals surface area contributed by atoms with Crippen molar-refractivity contribution in [3.05, 3.63) is 49.2 Å². The van der Waals surface area contributed by atoms with Crippen molar-refractivity contribution < 1.29 is 19.1 Å². The summed E-state index contributed by atoms with van der Waals surface area (Å²) < 4.78 is 11.7. The van der Waals surface area contributed by atoms with Crippen LogP contribution in [0.3, 0.4) is 0 Å². The summed E-state index contributed by atoms with van der Waals surface area (Å²) in [4.78, 5) is 32.6. The maximum atomic E-state index is 13.1. The van der Waals surface area contributed by atoms with E-state index in [-0.39, 0.29) is 30.3 Å². The van der Waals surface area contributed by atoms with Crippen LogP contribution in [0.15, 0.2) is 49.2 Å². The van der Waals surface area contributed by atoms with Crippen LogP contribution >= 0.6 is 0 Å². The second-order valence-electron chi connectivity index (χ2n) is 10.8. The topological polar surface area (TPSA) is 96.0 Å². The van der Waals surface area contributed by atoms with Gasteiger partial charge in [0, 0.05) is 61.7 Å². The number of fused-ring (bicyclic) bond motifs is 1. The summed E-state index contributed by atoms with van der Waals surface area (Å²) in [5.74, 6) is 1.55. The van der Waals surface area contributed by atoms with Gasteiger partial charge in [-0.15, -0.1) is 6.58 Å². The number of aromatic nitrogens is 1. The van der Waals surface area contributed by atoms with Gasteiger partial charge in [0.1, 0.15) is 11.5 Å². The minimum absolute atomic E-state index is 0.00979. The predicted octanol–water partition coefficient (Wildman–Crippen LogP) is 4.73. The number of ether oxygens (including phenoxy) is 2. The number of unbranched alkanes of at least 4 members (excludes halogenated alkanes) is 3. The summed E-state index contributed by atoms with van der Waals surface area (Å²) in [6.07, 6.45) is 12.6. The van der Waals surface area contributed by atoms with E-state index in [1.54, 1.807) is 12.0 Å². The van der Waals surface area contributed by atoms with Crippen molar-refractivity contribution in [3.8, 4) is 11.5 Å². The fourth-order valence-corrected chi connectivity index (χ4v) is 4.69. The summed E-state index contributed by atoms with van der Waals surface area (Å²) in [6.45, 7) is 6.81. The number of nitrogens with one attached hydrogen (secondary N) is 2. The average Bonchev–Trinajstić information content (AvgIpc) is 3.66. The molecule has 1 aliphatic carbocycles. The number of hydrogen-bond acceptors (Lipinski definition) is 7. The number of benzene rings is 1. The second-order valence-corrected chi connectivity index (χ2v) is 10.8. The molecule has 2 aromatic rings. The van der Waals surface area contributed by atoms with Gasteiger partial charge in [0.25, 0.3) is 0 Å². The molecule has 9 nitrogen and oxygen atoms in total. The molecule has 2 N–H and O–H groups in total. The minimum Gasteiger partial charge on any atom is -0.497 e. The molecule has 2 heterocycles. The highest BCUT2D eigenvalue weighted by Gasteiger charge is 2.29. The van der Waals surface area contributed by atoms with E-state index in [1.165, 1.54) is 0 Å². The van der Waals surface area contributed by atoms with Gasteiger partial charge in [0.2, 0.25) is 11.8 Å². The van der Waals surface area contributed by atoms with Crippen LogP contribution in [0.5, 0.6) is 11.5 Å². The molecule has 40 heavy (non-hydrogen) atoms. The van der Waals surface area contributed by atoms with E-state index in [9.17, 15) is 9.59 Å². The van der Waals surface area contributed by atoms with Crippen molar-refractivity contribution in [3.63, 3.8) is 0 Å². The zero-order valence-corrected chi connectivity index (χ0v) is 24.0. The lowest BCUT2D eigenvalue weighted by Gasteiger charge is -2.22. The zero-order chi connectivity index (χ0) is 28.5. The summed E-state index contributed by atoms with van der Waals surface area (Å²) in [5.41, 5.74) is 4.08. The largest absolute Gasteiger partial charge is 0.497 e. The van der Waals surface area contributed by atoms with Gasteiger partial charge in [0.15, 0.2) is 5.82 Å². The van der Waals surface area contributed by atoms with Gasteiger partial charge < -0.3 is 19.7 Å². The summed E-state index contributed by atoms with van der Waals surface area (Å²) >= 11 is 0. The van der Waals surface area contributed by atoms with E-state index in [2.05, 4.69) is 30.3 Å². The van der Waals surface area contributed by atoms with Gasteiger partial charge in [-0.1, -0.05) is 12.5 Å². The van der Waals surface area contributed by atoms with E-state index >= 15 is 0 Å². The molecule has 1 aromatic heterocycles. The first-order valence-electron chi connectivity index (χ1n) is 14.4. The van der Waals surface area contributed by atoms with Crippen LogP contribution in [0.4, 0.5) is 5.82 Å². The number of anilines is 1. The fourth-order valence-electron chi connectivity index (χ4n) is 4.69. The van der Waals surface area contributed by atoms with E-state index in [0.29, 0.717) is 36.9 Å². The Balaban J connectivity index is 1.43. The average molecular weight is 550 g/mol. The molecule has 1 saturated carbocycles. The van der Waals surface area contributed by atoms with Gasteiger partial charge in [-0.3, -0.25) is 14.6 Å². The first-order chi connectivity index (χ1) is 19.4. The number of rotatable bonds is 16. The lowest BCUT2D eigenvalue weighted by molar-refractivity contribution is -0.135. The Morgan fingerprint density at radius 1 is 1.27 bits per heavy atom. The maximum absolute atomic E-state index is 13.1. The molecule has 9 heteroatoms. The Kier molecular flexibility index (Phi) is 10.4. The SMILES string of the molecule is C=CCCCCCN(C)C(=O)CC(CCOc1cc(N2C=CC(C)N2)nc2cc(OC)ccc12)C(=O)NC1CC1. The van der Waals surface area contributed by atoms with Crippen LogP contribution in [-0.4, -0.2) is 61.1 Å². The Labute approximate surface area is 237 Å². The van der Waals surface area contributed by atoms with E-state index in [1.807, 2.05) is 48.6 Å². The third-order valence-corrected chi connectivity index (χ3v) is 7.35. The highest BCUT2D eigenvalue weighted by molar-refractivity contribution is 5.88. The van der Waals surface area contributed by atoms with Crippen molar-refractivity contribution >= 4 is 28.5 Å². The van der Waals surface area contributed by atoms with Crippen molar-refractivity contribution in [2.75, 3.05) is 32.3 Å². The summed E-state index contributed by atoms with van der Waals surface area (Å²) in [5, 5.41) is 5.81. The molecule has 216 valence electrons. The number of amides is 2. The molecule has 2 amide bonds. The Morgan fingerprint density at radius 3 is 2.80 bits per heavy atom. The molecule has 2 aliphatic rings. The lowest BCUT2D eigenvalue weighted by atomic mass is 9.99. The molecule has 2 atom stereocenters. The van der Waals surface area contributed by atoms with Crippen molar-refractivity contribution in [2.24, 2.45) is 5.92 Å². The van der Waals surface area contributed by atoms with Gasteiger partial charge in [0.05, 0.1) is 19.2 Å². The van der Waals surface area contributed by atoms with Crippen molar-refractivity contribution in [1.82, 2.24) is 20.6 Å². The Bertz CT molecular complexity index is 1210. The van der Waals surface area contributed by atoms with Crippen molar-refractivity contribution in [2.45, 2.75) is 70.4 Å². The van der Waals surface area contributed by atoms with E-state index < -0.39 is 5.92 Å². The molecule has 2 unspecified atom stereocenters. The second kappa shape index (κ2) is 14.2. The highest BCUT2D eigenvalue weighted by atomic mass is 16.5. The third kappa shape index (κ3) is 8.21. The predicted molar refractivity (Wildman–Crippen MR) is 158 cm³/mol. The highest BCUT2D eigenvalue weighted by Crippen LogP contribution is 2.32. The number of allylic oxidation sites excluding steroid dienone is 1. The van der Waals surface area contributed by atoms with Gasteiger partial charge >= 0.3 is 0 Å². The molecular formula is C31H43N5O4. The van der Waals surface area contributed by atoms with Crippen LogP contribution < -0.4 is 25.2 Å². The van der Waals surface area contributed by atoms with E-state index in [0.717, 1.165) is 49.4 Å². The van der Waals surface area contributed by atoms with E-state index in [4.69, 9.17) is 14.5 Å². The summed E-state index contributed by atoms with van der Waals surface area (Å²) in [6, 6.07) is 8.02. The molecule has 1 aliphatic heterocycles. The van der Waals surface area contributed by atoms with Gasteiger partial charge in [-0.25, -0.2) is 10.4 Å². The minimum atomic E-state index is -0.451. The number of nitrogens with zero attached hydrogens (tertiary/aromatic N) is 3. The third-order valence-electron chi connectivity index (χ3n) is 7.35. The van der Waals surface area contributed by atoms with Gasteiger partial charge in [-0.2, -0.15) is 0 Å². The van der Waals surface area contributed by atoms with Crippen LogP contribution in [0.25, 0.3) is 10.9 Å². The molecule has 1 aromatic carbocycles. The smallest absolute Gasteiger partial charge is 0.223 e. The van der Waals surface area contributed by atoms with Crippen LogP contribution in [-0.2, 0) is 9.59 Å². The van der Waals surface area contributed by atoms with Crippen LogP contribution in [0.1, 0.15) is 58.3 Å². The number of carbonyl (C=O) groups excluding carboxylic acids is 2.